The smallest absolute Gasteiger partial charge is 0.326 e. The van der Waals surface area contributed by atoms with Gasteiger partial charge in [-0.15, -0.1) is 0 Å². The van der Waals surface area contributed by atoms with E-state index in [1.54, 1.807) is 13.8 Å². The number of hydrogen-bond acceptors (Lipinski definition) is 7. The minimum absolute atomic E-state index is 0.276. The van der Waals surface area contributed by atoms with Gasteiger partial charge in [-0.25, -0.2) is 4.79 Å². The van der Waals surface area contributed by atoms with Crippen molar-refractivity contribution in [2.75, 3.05) is 12.0 Å². The Balaban J connectivity index is 5.57. The molecule has 7 atom stereocenters. The molecule has 0 rings (SSSR count). The van der Waals surface area contributed by atoms with Crippen molar-refractivity contribution in [1.82, 2.24) is 16.0 Å². The molecule has 0 aromatic carbocycles. The van der Waals surface area contributed by atoms with Gasteiger partial charge in [-0.1, -0.05) is 40.5 Å². The first-order valence-electron chi connectivity index (χ1n) is 11.0. The second-order valence-electron chi connectivity index (χ2n) is 8.19. The Morgan fingerprint density at radius 1 is 0.875 bits per heavy atom. The summed E-state index contributed by atoms with van der Waals surface area (Å²) in [7, 11) is 0. The van der Waals surface area contributed by atoms with Gasteiger partial charge in [-0.05, 0) is 37.2 Å². The minimum Gasteiger partial charge on any atom is -0.480 e. The van der Waals surface area contributed by atoms with E-state index in [0.29, 0.717) is 25.0 Å². The molecule has 186 valence electrons. The molecule has 7 unspecified atom stereocenters. The molecule has 0 saturated carbocycles. The third-order valence-corrected chi connectivity index (χ3v) is 6.28. The highest BCUT2D eigenvalue weighted by molar-refractivity contribution is 7.98. The van der Waals surface area contributed by atoms with Crippen LogP contribution in [0.2, 0.25) is 0 Å². The zero-order valence-electron chi connectivity index (χ0n) is 19.9. The number of carboxylic acids is 1. The second-order valence-corrected chi connectivity index (χ2v) is 9.18. The van der Waals surface area contributed by atoms with Crippen LogP contribution in [0.1, 0.15) is 53.9 Å². The van der Waals surface area contributed by atoms with Gasteiger partial charge in [-0.3, -0.25) is 14.4 Å². The lowest BCUT2D eigenvalue weighted by Gasteiger charge is -2.29. The Hall–Kier alpha value is -1.85. The van der Waals surface area contributed by atoms with Crippen LogP contribution in [0, 0.1) is 11.8 Å². The van der Waals surface area contributed by atoms with Gasteiger partial charge in [0.05, 0.1) is 6.10 Å². The van der Waals surface area contributed by atoms with Crippen LogP contribution < -0.4 is 21.7 Å². The van der Waals surface area contributed by atoms with Crippen molar-refractivity contribution >= 4 is 35.5 Å². The molecule has 0 aliphatic rings. The molecule has 0 fully saturated rings. The number of thioether (sulfide) groups is 1. The molecule has 11 heteroatoms. The highest BCUT2D eigenvalue weighted by Crippen LogP contribution is 2.13. The summed E-state index contributed by atoms with van der Waals surface area (Å²) in [6.45, 7) is 8.57. The standard InChI is InChI=1S/C21H40N4O6S/c1-7-11(3)16(20(29)25-17(21(30)31)12(4)8-2)24-18(27)14(9-10-32-6)23-19(28)15(22)13(5)26/h11-17,26H,7-10,22H2,1-6H3,(H,23,28)(H,24,27)(H,25,29)(H,30,31). The molecule has 0 aromatic rings. The number of carbonyl (C=O) groups is 4. The topological polar surface area (TPSA) is 171 Å². The van der Waals surface area contributed by atoms with Crippen molar-refractivity contribution in [3.05, 3.63) is 0 Å². The molecule has 0 bridgehead atoms. The zero-order chi connectivity index (χ0) is 25.0. The SMILES string of the molecule is CCC(C)C(NC(=O)C(NC(=O)C(CCSC)NC(=O)C(N)C(C)O)C(C)CC)C(=O)O. The molecule has 0 saturated heterocycles. The molecule has 0 aliphatic heterocycles. The highest BCUT2D eigenvalue weighted by Gasteiger charge is 2.34. The summed E-state index contributed by atoms with van der Waals surface area (Å²) >= 11 is 1.49. The van der Waals surface area contributed by atoms with E-state index in [4.69, 9.17) is 5.73 Å². The first-order chi connectivity index (χ1) is 14.9. The van der Waals surface area contributed by atoms with Gasteiger partial charge in [0.25, 0.3) is 0 Å². The maximum absolute atomic E-state index is 13.0. The molecule has 32 heavy (non-hydrogen) atoms. The lowest BCUT2D eigenvalue weighted by Crippen LogP contribution is -2.60. The van der Waals surface area contributed by atoms with E-state index in [-0.39, 0.29) is 11.8 Å². The maximum Gasteiger partial charge on any atom is 0.326 e. The third-order valence-electron chi connectivity index (χ3n) is 5.64. The highest BCUT2D eigenvalue weighted by atomic mass is 32.2. The summed E-state index contributed by atoms with van der Waals surface area (Å²) < 4.78 is 0. The fourth-order valence-electron chi connectivity index (χ4n) is 2.87. The Morgan fingerprint density at radius 3 is 1.81 bits per heavy atom. The van der Waals surface area contributed by atoms with Gasteiger partial charge >= 0.3 is 5.97 Å². The van der Waals surface area contributed by atoms with Crippen LogP contribution in [-0.4, -0.2) is 76.2 Å². The number of rotatable bonds is 15. The lowest BCUT2D eigenvalue weighted by molar-refractivity contribution is -0.144. The molecule has 0 aromatic heterocycles. The van der Waals surface area contributed by atoms with E-state index < -0.39 is 54.0 Å². The lowest BCUT2D eigenvalue weighted by atomic mass is 9.95. The van der Waals surface area contributed by atoms with Crippen molar-refractivity contribution in [3.8, 4) is 0 Å². The van der Waals surface area contributed by atoms with Crippen molar-refractivity contribution < 1.29 is 29.4 Å². The predicted octanol–water partition coefficient (Wildman–Crippen LogP) is 0.0788. The molecule has 0 radical (unpaired) electrons. The Bertz CT molecular complexity index is 633. The Morgan fingerprint density at radius 2 is 1.38 bits per heavy atom. The van der Waals surface area contributed by atoms with Crippen LogP contribution in [0.15, 0.2) is 0 Å². The summed E-state index contributed by atoms with van der Waals surface area (Å²) in [6.07, 6.45) is 2.18. The Kier molecular flexibility index (Phi) is 14.2. The van der Waals surface area contributed by atoms with Crippen LogP contribution in [0.25, 0.3) is 0 Å². The van der Waals surface area contributed by atoms with E-state index in [2.05, 4.69) is 16.0 Å². The minimum atomic E-state index is -1.19. The zero-order valence-corrected chi connectivity index (χ0v) is 20.7. The molecule has 7 N–H and O–H groups in total. The van der Waals surface area contributed by atoms with Crippen LogP contribution in [0.3, 0.4) is 0 Å². The fourth-order valence-corrected chi connectivity index (χ4v) is 3.34. The van der Waals surface area contributed by atoms with Crippen molar-refractivity contribution in [1.29, 1.82) is 0 Å². The van der Waals surface area contributed by atoms with Gasteiger partial charge in [0.2, 0.25) is 17.7 Å². The van der Waals surface area contributed by atoms with Crippen molar-refractivity contribution in [2.45, 2.75) is 84.2 Å². The largest absolute Gasteiger partial charge is 0.480 e. The molecule has 0 spiro atoms. The fraction of sp³-hybridized carbons (Fsp3) is 0.810. The van der Waals surface area contributed by atoms with Crippen molar-refractivity contribution in [2.24, 2.45) is 17.6 Å². The molecule has 0 heterocycles. The van der Waals surface area contributed by atoms with Gasteiger partial charge in [-0.2, -0.15) is 11.8 Å². The number of carboxylic acid groups (broad SMARTS) is 1. The summed E-state index contributed by atoms with van der Waals surface area (Å²) in [5.41, 5.74) is 5.66. The van der Waals surface area contributed by atoms with Crippen LogP contribution >= 0.6 is 11.8 Å². The quantitative estimate of drug-likeness (QED) is 0.193. The molecule has 10 nitrogen and oxygen atoms in total. The monoisotopic (exact) mass is 476 g/mol. The Labute approximate surface area is 194 Å². The number of carbonyl (C=O) groups excluding carboxylic acids is 3. The van der Waals surface area contributed by atoms with E-state index in [9.17, 15) is 29.4 Å². The number of amides is 3. The van der Waals surface area contributed by atoms with Crippen molar-refractivity contribution in [3.63, 3.8) is 0 Å². The first-order valence-corrected chi connectivity index (χ1v) is 12.4. The number of aliphatic carboxylic acids is 1. The number of nitrogens with two attached hydrogens (primary N) is 1. The summed E-state index contributed by atoms with van der Waals surface area (Å²) in [4.78, 5) is 49.8. The number of hydrogen-bond donors (Lipinski definition) is 6. The number of aliphatic hydroxyl groups is 1. The first kappa shape index (κ1) is 30.1. The second kappa shape index (κ2) is 15.1. The summed E-state index contributed by atoms with van der Waals surface area (Å²) in [6, 6.07) is -4.20. The van der Waals surface area contributed by atoms with E-state index in [0.717, 1.165) is 0 Å². The van der Waals surface area contributed by atoms with Crippen LogP contribution in [-0.2, 0) is 19.2 Å². The predicted molar refractivity (Wildman–Crippen MR) is 125 cm³/mol. The van der Waals surface area contributed by atoms with E-state index >= 15 is 0 Å². The van der Waals surface area contributed by atoms with Gasteiger partial charge < -0.3 is 31.9 Å². The molecule has 0 aliphatic carbocycles. The van der Waals surface area contributed by atoms with Gasteiger partial charge in [0, 0.05) is 0 Å². The third kappa shape index (κ3) is 9.74. The van der Waals surface area contributed by atoms with Crippen LogP contribution in [0.4, 0.5) is 0 Å². The summed E-state index contributed by atoms with van der Waals surface area (Å²) in [5, 5.41) is 26.8. The van der Waals surface area contributed by atoms with Gasteiger partial charge in [0.1, 0.15) is 24.2 Å². The molecule has 3 amide bonds. The average molecular weight is 477 g/mol. The normalized spacial score (nSPS) is 17.8. The van der Waals surface area contributed by atoms with E-state index in [1.807, 2.05) is 20.1 Å². The van der Waals surface area contributed by atoms with Gasteiger partial charge in [0.15, 0.2) is 0 Å². The average Bonchev–Trinajstić information content (AvgIpc) is 2.75. The molecular weight excluding hydrogens is 436 g/mol. The van der Waals surface area contributed by atoms with E-state index in [1.165, 1.54) is 18.7 Å². The maximum atomic E-state index is 13.0. The molecular formula is C21H40N4O6S. The number of aliphatic hydroxyl groups excluding tert-OH is 1. The van der Waals surface area contributed by atoms with Crippen LogP contribution in [0.5, 0.6) is 0 Å². The number of nitrogens with one attached hydrogen (secondary N) is 3. The summed E-state index contributed by atoms with van der Waals surface area (Å²) in [5.74, 6) is -2.97.